The molecular weight excluding hydrogens is 384 g/mol. The third-order valence-electron chi connectivity index (χ3n) is 6.01. The summed E-state index contributed by atoms with van der Waals surface area (Å²) in [5, 5.41) is 2.79. The Morgan fingerprint density at radius 1 is 1.10 bits per heavy atom. The molecule has 4 rings (SSSR count). The second-order valence-corrected chi connectivity index (χ2v) is 7.78. The first kappa shape index (κ1) is 20.0. The van der Waals surface area contributed by atoms with Crippen molar-refractivity contribution in [3.05, 3.63) is 54.0 Å². The molecule has 30 heavy (non-hydrogen) atoms. The number of carbonyl (C=O) groups excluding carboxylic acids is 3. The summed E-state index contributed by atoms with van der Waals surface area (Å²) in [5.41, 5.74) is 7.71. The molecule has 0 radical (unpaired) electrons. The third-order valence-corrected chi connectivity index (χ3v) is 6.01. The number of amides is 3. The van der Waals surface area contributed by atoms with Gasteiger partial charge in [0, 0.05) is 37.8 Å². The zero-order valence-electron chi connectivity index (χ0n) is 16.8. The fourth-order valence-corrected chi connectivity index (χ4v) is 4.31. The minimum Gasteiger partial charge on any atom is -0.467 e. The Morgan fingerprint density at radius 3 is 2.57 bits per heavy atom. The average molecular weight is 410 g/mol. The molecule has 0 saturated carbocycles. The summed E-state index contributed by atoms with van der Waals surface area (Å²) in [6.07, 6.45) is 3.52. The van der Waals surface area contributed by atoms with E-state index >= 15 is 0 Å². The average Bonchev–Trinajstić information content (AvgIpc) is 3.44. The fourth-order valence-electron chi connectivity index (χ4n) is 4.31. The summed E-state index contributed by atoms with van der Waals surface area (Å²) in [6, 6.07) is 11.7. The van der Waals surface area contributed by atoms with E-state index in [1.54, 1.807) is 6.26 Å². The van der Waals surface area contributed by atoms with Crippen LogP contribution in [0.3, 0.4) is 0 Å². The number of fused-ring (bicyclic) bond motifs is 1. The van der Waals surface area contributed by atoms with Crippen LogP contribution in [0.4, 0.5) is 5.69 Å². The summed E-state index contributed by atoms with van der Waals surface area (Å²) >= 11 is 0. The summed E-state index contributed by atoms with van der Waals surface area (Å²) in [6.45, 7) is 1.79. The Hall–Kier alpha value is -3.29. The second-order valence-electron chi connectivity index (χ2n) is 7.78. The minimum absolute atomic E-state index is 0.207. The predicted octanol–water partition coefficient (Wildman–Crippen LogP) is 1.22. The number of rotatable bonds is 5. The molecule has 3 amide bonds. The Labute approximate surface area is 175 Å². The van der Waals surface area contributed by atoms with Crippen LogP contribution in [0.25, 0.3) is 0 Å². The number of para-hydroxylation sites is 1. The molecule has 1 aromatic heterocycles. The van der Waals surface area contributed by atoms with Gasteiger partial charge in [-0.3, -0.25) is 14.4 Å². The minimum atomic E-state index is -0.642. The van der Waals surface area contributed by atoms with Crippen molar-refractivity contribution in [1.29, 1.82) is 0 Å². The highest BCUT2D eigenvalue weighted by Crippen LogP contribution is 2.34. The van der Waals surface area contributed by atoms with E-state index in [1.165, 1.54) is 10.5 Å². The molecule has 8 nitrogen and oxygen atoms in total. The molecule has 0 spiro atoms. The molecule has 3 N–H and O–H groups in total. The maximum atomic E-state index is 12.6. The van der Waals surface area contributed by atoms with Gasteiger partial charge in [0.05, 0.1) is 6.26 Å². The molecule has 3 heterocycles. The van der Waals surface area contributed by atoms with Crippen molar-refractivity contribution in [2.75, 3.05) is 31.1 Å². The fraction of sp³-hybridized carbons (Fsp3) is 0.409. The van der Waals surface area contributed by atoms with Gasteiger partial charge < -0.3 is 25.3 Å². The normalized spacial score (nSPS) is 17.5. The van der Waals surface area contributed by atoms with Gasteiger partial charge in [0.25, 0.3) is 0 Å². The second kappa shape index (κ2) is 8.61. The van der Waals surface area contributed by atoms with Crippen molar-refractivity contribution >= 4 is 23.4 Å². The van der Waals surface area contributed by atoms with E-state index < -0.39 is 11.8 Å². The van der Waals surface area contributed by atoms with Gasteiger partial charge >= 0.3 is 11.8 Å². The molecule has 1 atom stereocenters. The van der Waals surface area contributed by atoms with Crippen molar-refractivity contribution < 1.29 is 18.8 Å². The predicted molar refractivity (Wildman–Crippen MR) is 110 cm³/mol. The topological polar surface area (TPSA) is 109 Å². The Balaban J connectivity index is 1.40. The van der Waals surface area contributed by atoms with Gasteiger partial charge in [0.15, 0.2) is 0 Å². The molecule has 1 saturated heterocycles. The molecule has 2 aliphatic heterocycles. The van der Waals surface area contributed by atoms with Gasteiger partial charge in [-0.2, -0.15) is 0 Å². The van der Waals surface area contributed by atoms with Crippen molar-refractivity contribution in [3.8, 4) is 0 Å². The Bertz CT molecular complexity index is 919. The van der Waals surface area contributed by atoms with Gasteiger partial charge in [-0.05, 0) is 43.0 Å². The van der Waals surface area contributed by atoms with Crippen LogP contribution in [-0.2, 0) is 20.8 Å². The SMILES string of the molecule is NC(=O)C1CCN(C(=O)C(=O)NC[C@@H](c2ccco2)N2CCc3ccccc32)CC1. The Kier molecular flexibility index (Phi) is 5.74. The van der Waals surface area contributed by atoms with Crippen LogP contribution in [-0.4, -0.2) is 48.8 Å². The van der Waals surface area contributed by atoms with Crippen molar-refractivity contribution in [1.82, 2.24) is 10.2 Å². The van der Waals surface area contributed by atoms with E-state index in [1.807, 2.05) is 24.3 Å². The number of likely N-dealkylation sites (tertiary alicyclic amines) is 1. The molecule has 8 heteroatoms. The zero-order chi connectivity index (χ0) is 21.1. The largest absolute Gasteiger partial charge is 0.467 e. The summed E-state index contributed by atoms with van der Waals surface area (Å²) in [4.78, 5) is 40.1. The van der Waals surface area contributed by atoms with E-state index in [2.05, 4.69) is 22.3 Å². The lowest BCUT2D eigenvalue weighted by Crippen LogP contribution is -2.49. The number of piperidine rings is 1. The van der Waals surface area contributed by atoms with E-state index in [9.17, 15) is 14.4 Å². The first-order valence-electron chi connectivity index (χ1n) is 10.3. The van der Waals surface area contributed by atoms with E-state index in [0.717, 1.165) is 24.4 Å². The summed E-state index contributed by atoms with van der Waals surface area (Å²) in [5.74, 6) is -1.05. The molecule has 1 fully saturated rings. The highest BCUT2D eigenvalue weighted by molar-refractivity contribution is 6.35. The van der Waals surface area contributed by atoms with E-state index in [-0.39, 0.29) is 24.4 Å². The highest BCUT2D eigenvalue weighted by Gasteiger charge is 2.32. The molecule has 0 aliphatic carbocycles. The van der Waals surface area contributed by atoms with E-state index in [4.69, 9.17) is 10.2 Å². The Morgan fingerprint density at radius 2 is 1.87 bits per heavy atom. The first-order valence-corrected chi connectivity index (χ1v) is 10.3. The summed E-state index contributed by atoms with van der Waals surface area (Å²) < 4.78 is 5.63. The maximum absolute atomic E-state index is 12.6. The van der Waals surface area contributed by atoms with Gasteiger partial charge in [-0.1, -0.05) is 18.2 Å². The third kappa shape index (κ3) is 4.03. The van der Waals surface area contributed by atoms with Gasteiger partial charge in [0.1, 0.15) is 11.8 Å². The van der Waals surface area contributed by atoms with Crippen LogP contribution in [0.1, 0.15) is 30.2 Å². The van der Waals surface area contributed by atoms with Crippen molar-refractivity contribution in [2.45, 2.75) is 25.3 Å². The quantitative estimate of drug-likeness (QED) is 0.721. The lowest BCUT2D eigenvalue weighted by Gasteiger charge is -2.31. The number of nitrogens with two attached hydrogens (primary N) is 1. The molecule has 1 aromatic carbocycles. The number of primary amides is 1. The van der Waals surface area contributed by atoms with Crippen LogP contribution in [0.5, 0.6) is 0 Å². The van der Waals surface area contributed by atoms with Crippen LogP contribution in [0.2, 0.25) is 0 Å². The maximum Gasteiger partial charge on any atom is 0.311 e. The van der Waals surface area contributed by atoms with Crippen molar-refractivity contribution in [2.24, 2.45) is 11.7 Å². The first-order chi connectivity index (χ1) is 14.5. The van der Waals surface area contributed by atoms with Gasteiger partial charge in [-0.25, -0.2) is 0 Å². The van der Waals surface area contributed by atoms with Crippen molar-refractivity contribution in [3.63, 3.8) is 0 Å². The molecule has 2 aromatic rings. The van der Waals surface area contributed by atoms with Gasteiger partial charge in [0.2, 0.25) is 5.91 Å². The molecule has 0 unspecified atom stereocenters. The number of nitrogens with zero attached hydrogens (tertiary/aromatic N) is 2. The zero-order valence-corrected chi connectivity index (χ0v) is 16.8. The monoisotopic (exact) mass is 410 g/mol. The number of anilines is 1. The molecular formula is C22H26N4O4. The number of hydrogen-bond donors (Lipinski definition) is 2. The number of furan rings is 1. The van der Waals surface area contributed by atoms with Crippen LogP contribution >= 0.6 is 0 Å². The molecule has 158 valence electrons. The number of benzene rings is 1. The highest BCUT2D eigenvalue weighted by atomic mass is 16.3. The number of carbonyl (C=O) groups is 3. The lowest BCUT2D eigenvalue weighted by atomic mass is 9.96. The van der Waals surface area contributed by atoms with Crippen LogP contribution < -0.4 is 16.0 Å². The van der Waals surface area contributed by atoms with E-state index in [0.29, 0.717) is 25.9 Å². The van der Waals surface area contributed by atoms with Gasteiger partial charge in [-0.15, -0.1) is 0 Å². The smallest absolute Gasteiger partial charge is 0.311 e. The number of hydrogen-bond acceptors (Lipinski definition) is 5. The molecule has 2 aliphatic rings. The standard InChI is InChI=1S/C22H26N4O4/c23-20(27)16-7-10-25(11-8-16)22(29)21(28)24-14-18(19-6-3-13-30-19)26-12-9-15-4-1-2-5-17(15)26/h1-6,13,16,18H,7-12,14H2,(H2,23,27)(H,24,28)/t18-/m0/s1. The molecule has 0 bridgehead atoms. The lowest BCUT2D eigenvalue weighted by molar-refractivity contribution is -0.147. The summed E-state index contributed by atoms with van der Waals surface area (Å²) in [7, 11) is 0. The van der Waals surface area contributed by atoms with Crippen LogP contribution in [0.15, 0.2) is 47.1 Å². The number of nitrogens with one attached hydrogen (secondary N) is 1. The van der Waals surface area contributed by atoms with Crippen LogP contribution in [0, 0.1) is 5.92 Å².